The Morgan fingerprint density at radius 2 is 1.14 bits per heavy atom. The second kappa shape index (κ2) is 8.71. The summed E-state index contributed by atoms with van der Waals surface area (Å²) in [7, 11) is 1.79. The Morgan fingerprint density at radius 3 is 1.71 bits per heavy atom. The fraction of sp³-hybridized carbons (Fsp3) is 0.226. The molecular formula is C31H30BO3. The first-order valence-corrected chi connectivity index (χ1v) is 12.0. The predicted octanol–water partition coefficient (Wildman–Crippen LogP) is 5.99. The highest BCUT2D eigenvalue weighted by Crippen LogP contribution is 2.54. The summed E-state index contributed by atoms with van der Waals surface area (Å²) in [5.74, 6) is 1.67. The molecule has 0 amide bonds. The number of hydrogen-bond donors (Lipinski definition) is 1. The molecule has 1 aliphatic rings. The number of benzene rings is 4. The van der Waals surface area contributed by atoms with Crippen molar-refractivity contribution in [1.29, 1.82) is 0 Å². The Hall–Kier alpha value is -3.34. The molecule has 175 valence electrons. The number of ether oxygens (including phenoxy) is 1. The summed E-state index contributed by atoms with van der Waals surface area (Å²) in [6, 6.07) is 35.4. The maximum Gasteiger partial charge on any atom is 0.331 e. The molecule has 4 heteroatoms. The summed E-state index contributed by atoms with van der Waals surface area (Å²) in [4.78, 5) is 0. The fourth-order valence-corrected chi connectivity index (χ4v) is 4.74. The lowest BCUT2D eigenvalue weighted by molar-refractivity contribution is -0.0893. The van der Waals surface area contributed by atoms with Crippen LogP contribution in [0.1, 0.15) is 49.9 Å². The first-order valence-electron chi connectivity index (χ1n) is 12.0. The molecule has 0 saturated heterocycles. The van der Waals surface area contributed by atoms with Gasteiger partial charge in [0.15, 0.2) is 0 Å². The van der Waals surface area contributed by atoms with Gasteiger partial charge in [-0.15, -0.1) is 0 Å². The highest BCUT2D eigenvalue weighted by atomic mass is 16.5. The van der Waals surface area contributed by atoms with E-state index in [2.05, 4.69) is 66.7 Å². The van der Waals surface area contributed by atoms with Crippen molar-refractivity contribution in [3.8, 4) is 11.5 Å². The monoisotopic (exact) mass is 461 g/mol. The van der Waals surface area contributed by atoms with Crippen LogP contribution < -0.4 is 10.2 Å². The zero-order valence-corrected chi connectivity index (χ0v) is 20.7. The quantitative estimate of drug-likeness (QED) is 0.316. The molecule has 0 fully saturated rings. The number of fused-ring (bicyclic) bond motifs is 2. The van der Waals surface area contributed by atoms with Crippen LogP contribution in [-0.4, -0.2) is 23.8 Å². The van der Waals surface area contributed by atoms with E-state index in [0.717, 1.165) is 39.2 Å². The van der Waals surface area contributed by atoms with Crippen LogP contribution in [0.25, 0.3) is 0 Å². The molecule has 1 radical (unpaired) electrons. The van der Waals surface area contributed by atoms with Gasteiger partial charge in [-0.05, 0) is 56.4 Å². The normalized spacial score (nSPS) is 14.4. The van der Waals surface area contributed by atoms with Crippen molar-refractivity contribution in [2.75, 3.05) is 0 Å². The Morgan fingerprint density at radius 1 is 0.657 bits per heavy atom. The van der Waals surface area contributed by atoms with Gasteiger partial charge in [0.1, 0.15) is 11.5 Å². The number of para-hydroxylation sites is 2. The van der Waals surface area contributed by atoms with Crippen LogP contribution in [0.3, 0.4) is 0 Å². The smallest absolute Gasteiger partial charge is 0.331 e. The third kappa shape index (κ3) is 3.87. The molecular weight excluding hydrogens is 431 g/mol. The molecule has 0 aromatic heterocycles. The van der Waals surface area contributed by atoms with Crippen molar-refractivity contribution in [1.82, 2.24) is 0 Å². The van der Waals surface area contributed by atoms with Crippen LogP contribution >= 0.6 is 0 Å². The summed E-state index contributed by atoms with van der Waals surface area (Å²) in [5, 5.41) is 10.7. The molecule has 0 atom stereocenters. The van der Waals surface area contributed by atoms with E-state index in [-0.39, 0.29) is 0 Å². The molecule has 1 aliphatic heterocycles. The van der Waals surface area contributed by atoms with Crippen LogP contribution in [0, 0.1) is 0 Å². The molecule has 35 heavy (non-hydrogen) atoms. The van der Waals surface area contributed by atoms with Gasteiger partial charge >= 0.3 is 7.48 Å². The zero-order valence-electron chi connectivity index (χ0n) is 20.7. The van der Waals surface area contributed by atoms with Gasteiger partial charge in [-0.3, -0.25) is 0 Å². The van der Waals surface area contributed by atoms with Gasteiger partial charge in [-0.25, -0.2) is 0 Å². The maximum absolute atomic E-state index is 10.7. The summed E-state index contributed by atoms with van der Waals surface area (Å²) in [6.07, 6.45) is 0. The van der Waals surface area contributed by atoms with Crippen molar-refractivity contribution in [2.24, 2.45) is 0 Å². The van der Waals surface area contributed by atoms with Crippen LogP contribution in [0.4, 0.5) is 0 Å². The van der Waals surface area contributed by atoms with E-state index in [9.17, 15) is 5.11 Å². The Bertz CT molecular complexity index is 1290. The van der Waals surface area contributed by atoms with Gasteiger partial charge in [-0.2, -0.15) is 0 Å². The highest BCUT2D eigenvalue weighted by molar-refractivity contribution is 6.48. The fourth-order valence-electron chi connectivity index (χ4n) is 4.74. The Balaban J connectivity index is 1.79. The van der Waals surface area contributed by atoms with Crippen molar-refractivity contribution in [2.45, 2.75) is 44.3 Å². The lowest BCUT2D eigenvalue weighted by atomic mass is 9.60. The molecule has 4 aromatic rings. The third-order valence-electron chi connectivity index (χ3n) is 7.33. The number of rotatable bonds is 6. The van der Waals surface area contributed by atoms with Crippen molar-refractivity contribution < 1.29 is 14.5 Å². The second-order valence-electron chi connectivity index (χ2n) is 10.1. The molecule has 4 aromatic carbocycles. The highest BCUT2D eigenvalue weighted by Gasteiger charge is 2.46. The van der Waals surface area contributed by atoms with E-state index in [4.69, 9.17) is 9.39 Å². The third-order valence-corrected chi connectivity index (χ3v) is 7.33. The SMILES string of the molecule is CC(C)(O)C(C)(C)O[B]c1ccccc1C1(c2ccccc2)c2ccccc2Oc2ccccc21. The molecule has 1 N–H and O–H groups in total. The molecule has 0 aliphatic carbocycles. The largest absolute Gasteiger partial charge is 0.457 e. The summed E-state index contributed by atoms with van der Waals surface area (Å²) in [6.45, 7) is 7.34. The number of hydrogen-bond acceptors (Lipinski definition) is 3. The topological polar surface area (TPSA) is 38.7 Å². The van der Waals surface area contributed by atoms with Crippen LogP contribution in [0.15, 0.2) is 103 Å². The van der Waals surface area contributed by atoms with Gasteiger partial charge in [0.2, 0.25) is 0 Å². The summed E-state index contributed by atoms with van der Waals surface area (Å²) < 4.78 is 12.7. The lowest BCUT2D eigenvalue weighted by Gasteiger charge is -2.43. The predicted molar refractivity (Wildman–Crippen MR) is 142 cm³/mol. The van der Waals surface area contributed by atoms with Gasteiger partial charge in [0.25, 0.3) is 0 Å². The zero-order chi connectivity index (χ0) is 24.7. The standard InChI is InChI=1S/C31H30BO3/c1-29(2,33)30(3,4)35-32-26-19-11-8-16-23(26)31(22-14-6-5-7-15-22)24-17-9-12-20-27(24)34-28-21-13-10-18-25(28)31/h5-21,33H,1-4H3. The van der Waals surface area contributed by atoms with E-state index in [1.165, 1.54) is 0 Å². The van der Waals surface area contributed by atoms with Crippen LogP contribution in [0.5, 0.6) is 11.5 Å². The minimum absolute atomic E-state index is 0.623. The molecule has 0 bridgehead atoms. The van der Waals surface area contributed by atoms with Gasteiger partial charge in [0, 0.05) is 11.1 Å². The average Bonchev–Trinajstić information content (AvgIpc) is 2.86. The molecule has 0 saturated carbocycles. The van der Waals surface area contributed by atoms with Gasteiger partial charge in [-0.1, -0.05) is 91.0 Å². The maximum atomic E-state index is 10.7. The Kier molecular flexibility index (Phi) is 5.82. The van der Waals surface area contributed by atoms with E-state index < -0.39 is 16.6 Å². The number of aliphatic hydroxyl groups is 1. The molecule has 0 unspecified atom stereocenters. The summed E-state index contributed by atoms with van der Waals surface area (Å²) in [5.41, 5.74) is 2.90. The first-order chi connectivity index (χ1) is 16.7. The molecule has 0 spiro atoms. The van der Waals surface area contributed by atoms with E-state index >= 15 is 0 Å². The summed E-state index contributed by atoms with van der Waals surface area (Å²) >= 11 is 0. The van der Waals surface area contributed by atoms with Crippen molar-refractivity contribution >= 4 is 12.9 Å². The Labute approximate surface area is 208 Å². The lowest BCUT2D eigenvalue weighted by Crippen LogP contribution is -2.50. The first kappa shape index (κ1) is 23.4. The van der Waals surface area contributed by atoms with Crippen LogP contribution in [-0.2, 0) is 10.1 Å². The molecule has 3 nitrogen and oxygen atoms in total. The van der Waals surface area contributed by atoms with Crippen LogP contribution in [0.2, 0.25) is 0 Å². The molecule has 5 rings (SSSR count). The van der Waals surface area contributed by atoms with Crippen molar-refractivity contribution in [3.63, 3.8) is 0 Å². The van der Waals surface area contributed by atoms with Gasteiger partial charge < -0.3 is 14.5 Å². The van der Waals surface area contributed by atoms with E-state index in [0.29, 0.717) is 0 Å². The minimum atomic E-state index is -1.02. The van der Waals surface area contributed by atoms with E-state index in [1.807, 2.05) is 50.2 Å². The van der Waals surface area contributed by atoms with Gasteiger partial charge in [0.05, 0.1) is 16.6 Å². The van der Waals surface area contributed by atoms with E-state index in [1.54, 1.807) is 21.3 Å². The molecule has 1 heterocycles. The average molecular weight is 461 g/mol. The minimum Gasteiger partial charge on any atom is -0.457 e. The van der Waals surface area contributed by atoms with Crippen molar-refractivity contribution in [3.05, 3.63) is 125 Å². The second-order valence-corrected chi connectivity index (χ2v) is 10.1.